The van der Waals surface area contributed by atoms with Crippen LogP contribution in [0.2, 0.25) is 0 Å². The van der Waals surface area contributed by atoms with E-state index in [2.05, 4.69) is 5.16 Å². The SMILES string of the molecule is NCCON=C(C=Cc1ccc(O)cc1)c1ccccc1. The molecule has 0 radical (unpaired) electrons. The van der Waals surface area contributed by atoms with Crippen molar-refractivity contribution >= 4 is 11.8 Å². The molecule has 0 aliphatic heterocycles. The number of phenols is 1. The van der Waals surface area contributed by atoms with Gasteiger partial charge in [0.1, 0.15) is 18.1 Å². The summed E-state index contributed by atoms with van der Waals surface area (Å²) in [5.41, 5.74) is 8.05. The van der Waals surface area contributed by atoms with Gasteiger partial charge in [-0.2, -0.15) is 0 Å². The lowest BCUT2D eigenvalue weighted by molar-refractivity contribution is 0.153. The Balaban J connectivity index is 2.19. The van der Waals surface area contributed by atoms with Gasteiger partial charge in [0.25, 0.3) is 0 Å². The topological polar surface area (TPSA) is 67.8 Å². The number of hydrogen-bond donors (Lipinski definition) is 2. The third kappa shape index (κ3) is 4.78. The predicted molar refractivity (Wildman–Crippen MR) is 85.1 cm³/mol. The summed E-state index contributed by atoms with van der Waals surface area (Å²) >= 11 is 0. The van der Waals surface area contributed by atoms with Crippen molar-refractivity contribution in [1.82, 2.24) is 0 Å². The Kier molecular flexibility index (Phi) is 5.55. The first kappa shape index (κ1) is 14.8. The Morgan fingerprint density at radius 2 is 1.81 bits per heavy atom. The Morgan fingerprint density at radius 1 is 1.10 bits per heavy atom. The first-order valence-corrected chi connectivity index (χ1v) is 6.72. The summed E-state index contributed by atoms with van der Waals surface area (Å²) in [7, 11) is 0. The zero-order valence-electron chi connectivity index (χ0n) is 11.6. The Hall–Kier alpha value is -2.59. The maximum absolute atomic E-state index is 9.28. The molecule has 0 atom stereocenters. The fraction of sp³-hybridized carbons (Fsp3) is 0.118. The lowest BCUT2D eigenvalue weighted by atomic mass is 10.1. The molecule has 0 fully saturated rings. The number of nitrogens with zero attached hydrogens (tertiary/aromatic N) is 1. The van der Waals surface area contributed by atoms with Crippen LogP contribution in [0, 0.1) is 0 Å². The van der Waals surface area contributed by atoms with E-state index in [0.29, 0.717) is 13.2 Å². The summed E-state index contributed by atoms with van der Waals surface area (Å²) in [6.45, 7) is 0.802. The molecule has 0 saturated heterocycles. The number of benzene rings is 2. The summed E-state index contributed by atoms with van der Waals surface area (Å²) < 4.78 is 0. The first-order chi connectivity index (χ1) is 10.3. The Morgan fingerprint density at radius 3 is 2.48 bits per heavy atom. The fourth-order valence-electron chi connectivity index (χ4n) is 1.72. The van der Waals surface area contributed by atoms with Crippen LogP contribution >= 0.6 is 0 Å². The highest BCUT2D eigenvalue weighted by atomic mass is 16.6. The van der Waals surface area contributed by atoms with E-state index in [1.807, 2.05) is 54.6 Å². The van der Waals surface area contributed by atoms with E-state index < -0.39 is 0 Å². The molecule has 0 aromatic heterocycles. The number of allylic oxidation sites excluding steroid dienone is 1. The van der Waals surface area contributed by atoms with Crippen molar-refractivity contribution in [2.24, 2.45) is 10.9 Å². The zero-order valence-corrected chi connectivity index (χ0v) is 11.6. The highest BCUT2D eigenvalue weighted by molar-refractivity contribution is 6.10. The summed E-state index contributed by atoms with van der Waals surface area (Å²) in [4.78, 5) is 5.18. The van der Waals surface area contributed by atoms with Crippen LogP contribution in [-0.4, -0.2) is 24.0 Å². The molecule has 0 saturated carbocycles. The van der Waals surface area contributed by atoms with Crippen LogP contribution in [0.5, 0.6) is 5.75 Å². The van der Waals surface area contributed by atoms with Crippen molar-refractivity contribution in [3.8, 4) is 5.75 Å². The average molecular weight is 282 g/mol. The summed E-state index contributed by atoms with van der Waals surface area (Å²) in [6, 6.07) is 16.7. The van der Waals surface area contributed by atoms with Gasteiger partial charge in [0.2, 0.25) is 0 Å². The molecule has 2 rings (SSSR count). The number of nitrogens with two attached hydrogens (primary N) is 1. The fourth-order valence-corrected chi connectivity index (χ4v) is 1.72. The van der Waals surface area contributed by atoms with E-state index >= 15 is 0 Å². The minimum atomic E-state index is 0.246. The van der Waals surface area contributed by atoms with Gasteiger partial charge >= 0.3 is 0 Å². The second-order valence-electron chi connectivity index (χ2n) is 4.39. The van der Waals surface area contributed by atoms with E-state index in [4.69, 9.17) is 10.6 Å². The molecule has 0 heterocycles. The average Bonchev–Trinajstić information content (AvgIpc) is 2.53. The van der Waals surface area contributed by atoms with E-state index in [0.717, 1.165) is 16.8 Å². The van der Waals surface area contributed by atoms with Gasteiger partial charge in [-0.3, -0.25) is 0 Å². The Bertz CT molecular complexity index is 604. The van der Waals surface area contributed by atoms with Crippen molar-refractivity contribution in [3.05, 3.63) is 71.8 Å². The Labute approximate surface area is 124 Å². The molecular formula is C17H18N2O2. The van der Waals surface area contributed by atoms with Crippen LogP contribution in [-0.2, 0) is 4.84 Å². The van der Waals surface area contributed by atoms with Crippen molar-refractivity contribution < 1.29 is 9.94 Å². The van der Waals surface area contributed by atoms with Crippen LogP contribution in [0.3, 0.4) is 0 Å². The van der Waals surface area contributed by atoms with Gasteiger partial charge in [-0.1, -0.05) is 53.7 Å². The smallest absolute Gasteiger partial charge is 0.129 e. The third-order valence-corrected chi connectivity index (χ3v) is 2.77. The van der Waals surface area contributed by atoms with Crippen molar-refractivity contribution in [1.29, 1.82) is 0 Å². The van der Waals surface area contributed by atoms with Crippen molar-refractivity contribution in [2.75, 3.05) is 13.2 Å². The van der Waals surface area contributed by atoms with Gasteiger partial charge in [-0.15, -0.1) is 0 Å². The van der Waals surface area contributed by atoms with Gasteiger partial charge in [0.05, 0.1) is 0 Å². The van der Waals surface area contributed by atoms with Crippen molar-refractivity contribution in [3.63, 3.8) is 0 Å². The van der Waals surface area contributed by atoms with Gasteiger partial charge in [0, 0.05) is 12.1 Å². The number of aromatic hydroxyl groups is 1. The maximum Gasteiger partial charge on any atom is 0.129 e. The minimum absolute atomic E-state index is 0.246. The predicted octanol–water partition coefficient (Wildman–Crippen LogP) is 2.79. The quantitative estimate of drug-likeness (QED) is 0.486. The summed E-state index contributed by atoms with van der Waals surface area (Å²) in [6.07, 6.45) is 3.79. The molecule has 4 heteroatoms. The molecule has 0 spiro atoms. The lowest BCUT2D eigenvalue weighted by Gasteiger charge is -2.02. The molecular weight excluding hydrogens is 264 g/mol. The normalized spacial score (nSPS) is 11.8. The monoisotopic (exact) mass is 282 g/mol. The van der Waals surface area contributed by atoms with Crippen LogP contribution in [0.1, 0.15) is 11.1 Å². The first-order valence-electron chi connectivity index (χ1n) is 6.72. The second-order valence-corrected chi connectivity index (χ2v) is 4.39. The molecule has 3 N–H and O–H groups in total. The van der Waals surface area contributed by atoms with Crippen LogP contribution < -0.4 is 5.73 Å². The number of oxime groups is 1. The third-order valence-electron chi connectivity index (χ3n) is 2.77. The van der Waals surface area contributed by atoms with E-state index in [9.17, 15) is 5.11 Å². The van der Waals surface area contributed by atoms with E-state index in [1.165, 1.54) is 0 Å². The molecule has 21 heavy (non-hydrogen) atoms. The van der Waals surface area contributed by atoms with Crippen LogP contribution in [0.15, 0.2) is 65.8 Å². The molecule has 0 unspecified atom stereocenters. The van der Waals surface area contributed by atoms with Crippen molar-refractivity contribution in [2.45, 2.75) is 0 Å². The largest absolute Gasteiger partial charge is 0.508 e. The molecule has 0 bridgehead atoms. The molecule has 2 aromatic rings. The van der Waals surface area contributed by atoms with Gasteiger partial charge in [0.15, 0.2) is 0 Å². The molecule has 0 aliphatic rings. The highest BCUT2D eigenvalue weighted by Crippen LogP contribution is 2.12. The molecule has 108 valence electrons. The molecule has 0 aliphatic carbocycles. The number of hydrogen-bond acceptors (Lipinski definition) is 4. The van der Waals surface area contributed by atoms with Crippen LogP contribution in [0.4, 0.5) is 0 Å². The highest BCUT2D eigenvalue weighted by Gasteiger charge is 2.00. The lowest BCUT2D eigenvalue weighted by Crippen LogP contribution is -2.07. The summed E-state index contributed by atoms with van der Waals surface area (Å²) in [5, 5.41) is 13.4. The van der Waals surface area contributed by atoms with Gasteiger partial charge in [-0.25, -0.2) is 0 Å². The molecule has 2 aromatic carbocycles. The minimum Gasteiger partial charge on any atom is -0.508 e. The van der Waals surface area contributed by atoms with Gasteiger partial charge < -0.3 is 15.7 Å². The standard InChI is InChI=1S/C17H18N2O2/c18-12-13-21-19-17(15-4-2-1-3-5-15)11-8-14-6-9-16(20)10-7-14/h1-11,20H,12-13,18H2. The summed E-state index contributed by atoms with van der Waals surface area (Å²) in [5.74, 6) is 0.246. The maximum atomic E-state index is 9.28. The van der Waals surface area contributed by atoms with Gasteiger partial charge in [-0.05, 0) is 23.8 Å². The van der Waals surface area contributed by atoms with E-state index in [1.54, 1.807) is 12.1 Å². The second kappa shape index (κ2) is 7.87. The zero-order chi connectivity index (χ0) is 14.9. The number of phenolic OH excluding ortho intramolecular Hbond substituents is 1. The van der Waals surface area contributed by atoms with Crippen LogP contribution in [0.25, 0.3) is 6.08 Å². The molecule has 4 nitrogen and oxygen atoms in total. The number of rotatable bonds is 6. The van der Waals surface area contributed by atoms with E-state index in [-0.39, 0.29) is 5.75 Å². The molecule has 0 amide bonds.